The largest absolute Gasteiger partial charge is 0.298 e. The second-order valence-electron chi connectivity index (χ2n) is 9.27. The molecule has 2 fully saturated rings. The molecule has 1 aromatic heterocycles. The third-order valence-electron chi connectivity index (χ3n) is 6.67. The third kappa shape index (κ3) is 4.86. The summed E-state index contributed by atoms with van der Waals surface area (Å²) in [7, 11) is 0. The highest BCUT2D eigenvalue weighted by Crippen LogP contribution is 2.30. The fourth-order valence-corrected chi connectivity index (χ4v) is 4.85. The minimum atomic E-state index is 0.128. The van der Waals surface area contributed by atoms with Gasteiger partial charge in [0.05, 0.1) is 6.04 Å². The molecular formula is C23H36N6. The van der Waals surface area contributed by atoms with E-state index >= 15 is 0 Å². The molecule has 1 saturated heterocycles. The van der Waals surface area contributed by atoms with Gasteiger partial charge in [-0.2, -0.15) is 0 Å². The van der Waals surface area contributed by atoms with Gasteiger partial charge in [-0.1, -0.05) is 56.5 Å². The van der Waals surface area contributed by atoms with E-state index in [1.54, 1.807) is 0 Å². The van der Waals surface area contributed by atoms with Crippen LogP contribution in [0.4, 0.5) is 0 Å². The molecule has 1 aromatic carbocycles. The van der Waals surface area contributed by atoms with E-state index in [-0.39, 0.29) is 6.04 Å². The van der Waals surface area contributed by atoms with E-state index < -0.39 is 0 Å². The summed E-state index contributed by atoms with van der Waals surface area (Å²) >= 11 is 0. The first kappa shape index (κ1) is 20.5. The maximum atomic E-state index is 4.51. The van der Waals surface area contributed by atoms with Crippen molar-refractivity contribution in [2.45, 2.75) is 71.5 Å². The molecule has 158 valence electrons. The van der Waals surface area contributed by atoms with Crippen molar-refractivity contribution in [3.05, 3.63) is 41.2 Å². The van der Waals surface area contributed by atoms with Gasteiger partial charge < -0.3 is 0 Å². The topological polar surface area (TPSA) is 50.1 Å². The Morgan fingerprint density at radius 3 is 2.34 bits per heavy atom. The molecule has 6 heteroatoms. The average molecular weight is 397 g/mol. The van der Waals surface area contributed by atoms with Crippen molar-refractivity contribution >= 4 is 0 Å². The van der Waals surface area contributed by atoms with E-state index in [0.29, 0.717) is 5.92 Å². The SMILES string of the molecule is Cc1ccc(C(c2nnnn2CCC(C)C)N2CCN(C3CCCC3)CC2)cc1. The molecule has 0 radical (unpaired) electrons. The van der Waals surface area contributed by atoms with Crippen LogP contribution in [0, 0.1) is 12.8 Å². The summed E-state index contributed by atoms with van der Waals surface area (Å²) in [4.78, 5) is 5.31. The van der Waals surface area contributed by atoms with Crippen LogP contribution in [0.5, 0.6) is 0 Å². The van der Waals surface area contributed by atoms with Gasteiger partial charge in [-0.05, 0) is 48.1 Å². The number of aryl methyl sites for hydroxylation is 2. The van der Waals surface area contributed by atoms with E-state index in [2.05, 4.69) is 70.4 Å². The fraction of sp³-hybridized carbons (Fsp3) is 0.696. The van der Waals surface area contributed by atoms with Gasteiger partial charge in [0.2, 0.25) is 0 Å². The van der Waals surface area contributed by atoms with Crippen molar-refractivity contribution < 1.29 is 0 Å². The fourth-order valence-electron chi connectivity index (χ4n) is 4.85. The third-order valence-corrected chi connectivity index (χ3v) is 6.67. The van der Waals surface area contributed by atoms with Crippen LogP contribution in [0.25, 0.3) is 0 Å². The van der Waals surface area contributed by atoms with E-state index in [9.17, 15) is 0 Å². The standard InChI is InChI=1S/C23H36N6/c1-18(2)12-13-29-23(24-25-26-29)22(20-10-8-19(3)9-11-20)28-16-14-27(15-17-28)21-6-4-5-7-21/h8-11,18,21-22H,4-7,12-17H2,1-3H3. The summed E-state index contributed by atoms with van der Waals surface area (Å²) < 4.78 is 2.04. The van der Waals surface area contributed by atoms with Crippen LogP contribution in [0.15, 0.2) is 24.3 Å². The predicted octanol–water partition coefficient (Wildman–Crippen LogP) is 3.68. The number of benzene rings is 1. The Kier molecular flexibility index (Phi) is 6.60. The lowest BCUT2D eigenvalue weighted by atomic mass is 10.0. The second kappa shape index (κ2) is 9.35. The van der Waals surface area contributed by atoms with Crippen LogP contribution in [0.2, 0.25) is 0 Å². The minimum Gasteiger partial charge on any atom is -0.298 e. The van der Waals surface area contributed by atoms with E-state index in [4.69, 9.17) is 0 Å². The lowest BCUT2D eigenvalue weighted by Gasteiger charge is -2.41. The maximum Gasteiger partial charge on any atom is 0.173 e. The zero-order valence-corrected chi connectivity index (χ0v) is 18.3. The van der Waals surface area contributed by atoms with Crippen LogP contribution >= 0.6 is 0 Å². The summed E-state index contributed by atoms with van der Waals surface area (Å²) in [6.45, 7) is 12.0. The van der Waals surface area contributed by atoms with Gasteiger partial charge in [0.1, 0.15) is 0 Å². The van der Waals surface area contributed by atoms with E-state index in [1.807, 2.05) is 4.68 Å². The molecule has 1 unspecified atom stereocenters. The summed E-state index contributed by atoms with van der Waals surface area (Å²) in [5, 5.41) is 12.9. The van der Waals surface area contributed by atoms with Gasteiger partial charge in [0.15, 0.2) is 5.82 Å². The molecule has 0 amide bonds. The predicted molar refractivity (Wildman–Crippen MR) is 116 cm³/mol. The zero-order valence-electron chi connectivity index (χ0n) is 18.3. The molecule has 0 bridgehead atoms. The van der Waals surface area contributed by atoms with Crippen LogP contribution in [0.1, 0.15) is 68.9 Å². The molecule has 1 aliphatic heterocycles. The summed E-state index contributed by atoms with van der Waals surface area (Å²) in [6.07, 6.45) is 6.67. The summed E-state index contributed by atoms with van der Waals surface area (Å²) in [6, 6.07) is 9.86. The first-order valence-electron chi connectivity index (χ1n) is 11.4. The molecular weight excluding hydrogens is 360 g/mol. The van der Waals surface area contributed by atoms with Crippen molar-refractivity contribution in [3.8, 4) is 0 Å². The lowest BCUT2D eigenvalue weighted by molar-refractivity contribution is 0.0769. The van der Waals surface area contributed by atoms with Crippen LogP contribution in [-0.2, 0) is 6.54 Å². The van der Waals surface area contributed by atoms with Crippen molar-refractivity contribution in [1.82, 2.24) is 30.0 Å². The molecule has 1 atom stereocenters. The highest BCUT2D eigenvalue weighted by molar-refractivity contribution is 5.28. The zero-order chi connectivity index (χ0) is 20.2. The molecule has 2 aromatic rings. The van der Waals surface area contributed by atoms with E-state index in [0.717, 1.165) is 51.0 Å². The minimum absolute atomic E-state index is 0.128. The molecule has 1 aliphatic carbocycles. The number of hydrogen-bond acceptors (Lipinski definition) is 5. The first-order valence-corrected chi connectivity index (χ1v) is 11.4. The summed E-state index contributed by atoms with van der Waals surface area (Å²) in [5.74, 6) is 1.63. The Morgan fingerprint density at radius 2 is 1.69 bits per heavy atom. The molecule has 6 nitrogen and oxygen atoms in total. The molecule has 1 saturated carbocycles. The van der Waals surface area contributed by atoms with Crippen molar-refractivity contribution in [3.63, 3.8) is 0 Å². The number of nitrogens with zero attached hydrogens (tertiary/aromatic N) is 6. The number of aromatic nitrogens is 4. The van der Waals surface area contributed by atoms with Crippen molar-refractivity contribution in [2.24, 2.45) is 5.92 Å². The highest BCUT2D eigenvalue weighted by atomic mass is 15.6. The maximum absolute atomic E-state index is 4.51. The monoisotopic (exact) mass is 396 g/mol. The van der Waals surface area contributed by atoms with Gasteiger partial charge in [-0.25, -0.2) is 4.68 Å². The highest BCUT2D eigenvalue weighted by Gasteiger charge is 2.33. The molecule has 29 heavy (non-hydrogen) atoms. The average Bonchev–Trinajstić information content (AvgIpc) is 3.41. The van der Waals surface area contributed by atoms with Gasteiger partial charge in [0, 0.05) is 38.8 Å². The molecule has 4 rings (SSSR count). The van der Waals surface area contributed by atoms with Gasteiger partial charge in [-0.3, -0.25) is 9.80 Å². The Balaban J connectivity index is 1.55. The van der Waals surface area contributed by atoms with Crippen molar-refractivity contribution in [1.29, 1.82) is 0 Å². The Labute approximate surface area is 175 Å². The smallest absolute Gasteiger partial charge is 0.173 e. The van der Waals surface area contributed by atoms with Crippen LogP contribution in [0.3, 0.4) is 0 Å². The number of hydrogen-bond donors (Lipinski definition) is 0. The molecule has 0 spiro atoms. The summed E-state index contributed by atoms with van der Waals surface area (Å²) in [5.41, 5.74) is 2.59. The normalized spacial score (nSPS) is 20.6. The molecule has 2 aliphatic rings. The van der Waals surface area contributed by atoms with Crippen molar-refractivity contribution in [2.75, 3.05) is 26.2 Å². The lowest BCUT2D eigenvalue weighted by Crippen LogP contribution is -2.51. The number of tetrazole rings is 1. The Morgan fingerprint density at radius 1 is 1.00 bits per heavy atom. The van der Waals surface area contributed by atoms with Gasteiger partial charge >= 0.3 is 0 Å². The van der Waals surface area contributed by atoms with Crippen LogP contribution < -0.4 is 0 Å². The quantitative estimate of drug-likeness (QED) is 0.715. The Bertz CT molecular complexity index is 754. The second-order valence-corrected chi connectivity index (χ2v) is 9.27. The van der Waals surface area contributed by atoms with E-state index in [1.165, 1.54) is 36.8 Å². The van der Waals surface area contributed by atoms with Gasteiger partial charge in [0.25, 0.3) is 0 Å². The first-order chi connectivity index (χ1) is 14.1. The molecule has 2 heterocycles. The number of piperazine rings is 1. The number of rotatable bonds is 7. The Hall–Kier alpha value is -1.79. The van der Waals surface area contributed by atoms with Gasteiger partial charge in [-0.15, -0.1) is 5.10 Å². The molecule has 0 N–H and O–H groups in total. The van der Waals surface area contributed by atoms with Crippen LogP contribution in [-0.4, -0.2) is 62.2 Å².